The fourth-order valence-electron chi connectivity index (χ4n) is 1.19. The maximum absolute atomic E-state index is 11.2. The third kappa shape index (κ3) is 8.69. The highest BCUT2D eigenvalue weighted by molar-refractivity contribution is 9.09. The van der Waals surface area contributed by atoms with Gasteiger partial charge in [-0.1, -0.05) is 60.8 Å². The molecule has 0 spiro atoms. The Morgan fingerprint density at radius 1 is 1.20 bits per heavy atom. The molecule has 0 bridgehead atoms. The number of aliphatic carboxylic acids is 1. The van der Waals surface area contributed by atoms with Crippen molar-refractivity contribution in [2.24, 2.45) is 0 Å². The van der Waals surface area contributed by atoms with Gasteiger partial charge in [0, 0.05) is 5.33 Å². The number of ether oxygens (including phenoxy) is 1. The molecule has 0 amide bonds. The highest BCUT2D eigenvalue weighted by atomic mass is 79.9. The largest absolute Gasteiger partial charge is 0.481 e. The van der Waals surface area contributed by atoms with Crippen LogP contribution in [0.4, 0.5) is 0 Å². The molecule has 0 aromatic heterocycles. The SMILES string of the molecule is CCCC.O=C(O)CC(=O)Oc1ccccc1CCBr. The zero-order valence-corrected chi connectivity index (χ0v) is 13.5. The Kier molecular flexibility index (Phi) is 10.7. The summed E-state index contributed by atoms with van der Waals surface area (Å²) in [6, 6.07) is 7.07. The average molecular weight is 345 g/mol. The molecule has 1 aromatic rings. The molecule has 0 atom stereocenters. The van der Waals surface area contributed by atoms with Gasteiger partial charge >= 0.3 is 11.9 Å². The van der Waals surface area contributed by atoms with Gasteiger partial charge in [-0.25, -0.2) is 0 Å². The van der Waals surface area contributed by atoms with E-state index in [1.54, 1.807) is 12.1 Å². The van der Waals surface area contributed by atoms with Crippen LogP contribution in [0.25, 0.3) is 0 Å². The van der Waals surface area contributed by atoms with Gasteiger partial charge in [0.05, 0.1) is 0 Å². The van der Waals surface area contributed by atoms with Gasteiger partial charge in [0.25, 0.3) is 0 Å². The molecule has 0 aliphatic rings. The van der Waals surface area contributed by atoms with E-state index in [1.807, 2.05) is 12.1 Å². The molecule has 1 aromatic carbocycles. The second-order valence-electron chi connectivity index (χ2n) is 4.09. The number of esters is 1. The molecule has 4 nitrogen and oxygen atoms in total. The normalized spacial score (nSPS) is 9.35. The summed E-state index contributed by atoms with van der Waals surface area (Å²) < 4.78 is 4.97. The molecular weight excluding hydrogens is 324 g/mol. The van der Waals surface area contributed by atoms with Crippen molar-refractivity contribution >= 4 is 27.9 Å². The first-order chi connectivity index (χ1) is 9.54. The molecule has 112 valence electrons. The Labute approximate surface area is 128 Å². The molecule has 0 aliphatic carbocycles. The predicted molar refractivity (Wildman–Crippen MR) is 82.4 cm³/mol. The summed E-state index contributed by atoms with van der Waals surface area (Å²) >= 11 is 3.29. The Morgan fingerprint density at radius 3 is 2.30 bits per heavy atom. The van der Waals surface area contributed by atoms with Crippen LogP contribution in [-0.4, -0.2) is 22.4 Å². The van der Waals surface area contributed by atoms with Gasteiger partial charge in [0.15, 0.2) is 0 Å². The number of carbonyl (C=O) groups is 2. The first-order valence-electron chi connectivity index (χ1n) is 6.61. The fraction of sp³-hybridized carbons (Fsp3) is 0.467. The first-order valence-corrected chi connectivity index (χ1v) is 7.73. The van der Waals surface area contributed by atoms with Crippen LogP contribution in [0.3, 0.4) is 0 Å². The van der Waals surface area contributed by atoms with E-state index >= 15 is 0 Å². The molecule has 0 saturated heterocycles. The van der Waals surface area contributed by atoms with Crippen molar-refractivity contribution in [2.75, 3.05) is 5.33 Å². The van der Waals surface area contributed by atoms with Gasteiger partial charge < -0.3 is 9.84 Å². The number of halogens is 1. The highest BCUT2D eigenvalue weighted by Gasteiger charge is 2.12. The van der Waals surface area contributed by atoms with Gasteiger partial charge in [0.2, 0.25) is 0 Å². The van der Waals surface area contributed by atoms with E-state index in [1.165, 1.54) is 12.8 Å². The van der Waals surface area contributed by atoms with Crippen LogP contribution in [-0.2, 0) is 16.0 Å². The van der Waals surface area contributed by atoms with Crippen molar-refractivity contribution in [2.45, 2.75) is 39.5 Å². The van der Waals surface area contributed by atoms with Crippen molar-refractivity contribution in [3.8, 4) is 5.75 Å². The summed E-state index contributed by atoms with van der Waals surface area (Å²) in [5.74, 6) is -1.52. The van der Waals surface area contributed by atoms with Crippen LogP contribution in [0.1, 0.15) is 38.7 Å². The van der Waals surface area contributed by atoms with Crippen LogP contribution in [0.2, 0.25) is 0 Å². The number of unbranched alkanes of at least 4 members (excludes halogenated alkanes) is 1. The molecule has 0 saturated carbocycles. The van der Waals surface area contributed by atoms with Crippen molar-refractivity contribution < 1.29 is 19.4 Å². The third-order valence-corrected chi connectivity index (χ3v) is 2.75. The quantitative estimate of drug-likeness (QED) is 0.369. The number of para-hydroxylation sites is 1. The van der Waals surface area contributed by atoms with Gasteiger partial charge in [-0.15, -0.1) is 0 Å². The Bertz CT molecular complexity index is 416. The van der Waals surface area contributed by atoms with Crippen LogP contribution in [0, 0.1) is 0 Å². The average Bonchev–Trinajstić information content (AvgIpc) is 2.40. The molecule has 5 heteroatoms. The number of carboxylic acid groups (broad SMARTS) is 1. The summed E-state index contributed by atoms with van der Waals surface area (Å²) in [7, 11) is 0. The summed E-state index contributed by atoms with van der Waals surface area (Å²) in [5, 5.41) is 9.18. The lowest BCUT2D eigenvalue weighted by Crippen LogP contribution is -2.14. The second-order valence-corrected chi connectivity index (χ2v) is 4.88. The topological polar surface area (TPSA) is 63.6 Å². The maximum atomic E-state index is 11.2. The molecular formula is C15H21BrO4. The molecule has 0 unspecified atom stereocenters. The predicted octanol–water partition coefficient (Wildman–Crippen LogP) is 3.81. The standard InChI is InChI=1S/C11H11BrO4.C4H10/c12-6-5-8-3-1-2-4-9(8)16-11(15)7-10(13)14;1-3-4-2/h1-4H,5-7H2,(H,13,14);3-4H2,1-2H3. The number of hydrogen-bond acceptors (Lipinski definition) is 3. The van der Waals surface area contributed by atoms with Crippen molar-refractivity contribution in [3.63, 3.8) is 0 Å². The minimum atomic E-state index is -1.19. The fourth-order valence-corrected chi connectivity index (χ4v) is 1.62. The number of aryl methyl sites for hydroxylation is 1. The van der Waals surface area contributed by atoms with E-state index in [2.05, 4.69) is 29.8 Å². The van der Waals surface area contributed by atoms with E-state index in [0.717, 1.165) is 17.3 Å². The van der Waals surface area contributed by atoms with Gasteiger partial charge in [0.1, 0.15) is 12.2 Å². The Hall–Kier alpha value is -1.36. The zero-order chi connectivity index (χ0) is 15.4. The molecule has 0 fully saturated rings. The number of rotatable bonds is 6. The summed E-state index contributed by atoms with van der Waals surface area (Å²) in [4.78, 5) is 21.5. The van der Waals surface area contributed by atoms with Crippen LogP contribution < -0.4 is 4.74 Å². The minimum Gasteiger partial charge on any atom is -0.481 e. The summed E-state index contributed by atoms with van der Waals surface area (Å²) in [6.45, 7) is 4.36. The molecule has 1 rings (SSSR count). The Morgan fingerprint density at radius 2 is 1.80 bits per heavy atom. The summed E-state index contributed by atoms with van der Waals surface area (Å²) in [6.07, 6.45) is 2.74. The number of benzene rings is 1. The van der Waals surface area contributed by atoms with Crippen molar-refractivity contribution in [1.29, 1.82) is 0 Å². The van der Waals surface area contributed by atoms with E-state index in [9.17, 15) is 9.59 Å². The lowest BCUT2D eigenvalue weighted by molar-refractivity contribution is -0.145. The van der Waals surface area contributed by atoms with E-state index in [0.29, 0.717) is 5.75 Å². The lowest BCUT2D eigenvalue weighted by atomic mass is 10.1. The van der Waals surface area contributed by atoms with Crippen LogP contribution >= 0.6 is 15.9 Å². The number of alkyl halides is 1. The first kappa shape index (κ1) is 18.6. The van der Waals surface area contributed by atoms with E-state index in [-0.39, 0.29) is 0 Å². The van der Waals surface area contributed by atoms with Gasteiger partial charge in [-0.2, -0.15) is 0 Å². The molecule has 0 heterocycles. The highest BCUT2D eigenvalue weighted by Crippen LogP contribution is 2.19. The van der Waals surface area contributed by atoms with E-state index < -0.39 is 18.4 Å². The minimum absolute atomic E-state index is 0.424. The molecule has 0 radical (unpaired) electrons. The number of hydrogen-bond donors (Lipinski definition) is 1. The summed E-state index contributed by atoms with van der Waals surface area (Å²) in [5.41, 5.74) is 0.873. The van der Waals surface area contributed by atoms with Crippen LogP contribution in [0.15, 0.2) is 24.3 Å². The monoisotopic (exact) mass is 344 g/mol. The van der Waals surface area contributed by atoms with Crippen molar-refractivity contribution in [1.82, 2.24) is 0 Å². The van der Waals surface area contributed by atoms with Crippen molar-refractivity contribution in [3.05, 3.63) is 29.8 Å². The van der Waals surface area contributed by atoms with E-state index in [4.69, 9.17) is 9.84 Å². The zero-order valence-electron chi connectivity index (χ0n) is 11.9. The maximum Gasteiger partial charge on any atom is 0.322 e. The molecule has 1 N–H and O–H groups in total. The molecule has 20 heavy (non-hydrogen) atoms. The molecule has 0 aliphatic heterocycles. The number of carbonyl (C=O) groups excluding carboxylic acids is 1. The Balaban J connectivity index is 0.000000796. The number of carboxylic acids is 1. The van der Waals surface area contributed by atoms with Gasteiger partial charge in [-0.3, -0.25) is 9.59 Å². The van der Waals surface area contributed by atoms with Crippen LogP contribution in [0.5, 0.6) is 5.75 Å². The smallest absolute Gasteiger partial charge is 0.322 e. The van der Waals surface area contributed by atoms with Gasteiger partial charge in [-0.05, 0) is 18.1 Å². The lowest BCUT2D eigenvalue weighted by Gasteiger charge is -2.07. The second kappa shape index (κ2) is 11.5. The third-order valence-electron chi connectivity index (χ3n) is 2.36.